The minimum Gasteiger partial charge on any atom is -0.364 e. The molecule has 1 fully saturated rings. The number of hydrogen-bond donors (Lipinski definition) is 3. The third kappa shape index (κ3) is 5.59. The maximum Gasteiger partial charge on any atom is 0.329 e. The van der Waals surface area contributed by atoms with Crippen LogP contribution in [0.2, 0.25) is 0 Å². The molecule has 1 saturated carbocycles. The van der Waals surface area contributed by atoms with E-state index in [9.17, 15) is 14.5 Å². The number of aromatic nitrogens is 2. The van der Waals surface area contributed by atoms with Crippen LogP contribution in [-0.2, 0) is 6.42 Å². The Morgan fingerprint density at radius 2 is 1.89 bits per heavy atom. The second kappa shape index (κ2) is 9.41. The van der Waals surface area contributed by atoms with Gasteiger partial charge in [-0.05, 0) is 55.7 Å². The van der Waals surface area contributed by atoms with Crippen molar-refractivity contribution in [3.8, 4) is 0 Å². The molecule has 1 aliphatic carbocycles. The van der Waals surface area contributed by atoms with Crippen LogP contribution in [0.15, 0.2) is 30.5 Å². The summed E-state index contributed by atoms with van der Waals surface area (Å²) in [4.78, 5) is 19.1. The molecule has 150 valence electrons. The van der Waals surface area contributed by atoms with Crippen LogP contribution < -0.4 is 16.4 Å². The molecule has 1 heterocycles. The van der Waals surface area contributed by atoms with E-state index in [0.717, 1.165) is 31.2 Å². The summed E-state index contributed by atoms with van der Waals surface area (Å²) in [6.45, 7) is 1.16. The van der Waals surface area contributed by atoms with E-state index in [-0.39, 0.29) is 23.4 Å². The van der Waals surface area contributed by atoms with E-state index in [2.05, 4.69) is 20.6 Å². The number of anilines is 2. The van der Waals surface area contributed by atoms with E-state index >= 15 is 0 Å². The molecular formula is C19H25FN6O2. The Hall–Kier alpha value is -2.81. The molecule has 2 aromatic rings. The van der Waals surface area contributed by atoms with Crippen molar-refractivity contribution in [2.75, 3.05) is 23.7 Å². The SMILES string of the molecule is NC1CCC(CNc2nc(NCCc3ccc(F)cc3)ncc2[N+](=O)[O-])CC1. The van der Waals surface area contributed by atoms with Crippen LogP contribution in [0.3, 0.4) is 0 Å². The second-order valence-corrected chi connectivity index (χ2v) is 7.15. The maximum absolute atomic E-state index is 12.9. The van der Waals surface area contributed by atoms with Crippen LogP contribution in [-0.4, -0.2) is 34.0 Å². The van der Waals surface area contributed by atoms with Gasteiger partial charge in [0, 0.05) is 19.1 Å². The number of rotatable bonds is 8. The van der Waals surface area contributed by atoms with Crippen LogP contribution in [0, 0.1) is 21.8 Å². The summed E-state index contributed by atoms with van der Waals surface area (Å²) in [6.07, 6.45) is 5.85. The minimum absolute atomic E-state index is 0.142. The largest absolute Gasteiger partial charge is 0.364 e. The third-order valence-electron chi connectivity index (χ3n) is 5.03. The molecule has 1 aromatic carbocycles. The molecule has 0 saturated heterocycles. The van der Waals surface area contributed by atoms with Gasteiger partial charge < -0.3 is 16.4 Å². The van der Waals surface area contributed by atoms with Gasteiger partial charge in [0.25, 0.3) is 0 Å². The highest BCUT2D eigenvalue weighted by molar-refractivity contribution is 5.57. The summed E-state index contributed by atoms with van der Waals surface area (Å²) < 4.78 is 12.9. The van der Waals surface area contributed by atoms with E-state index in [0.29, 0.717) is 31.4 Å². The zero-order valence-electron chi connectivity index (χ0n) is 15.6. The van der Waals surface area contributed by atoms with Crippen molar-refractivity contribution in [1.82, 2.24) is 9.97 Å². The molecule has 0 amide bonds. The predicted octanol–water partition coefficient (Wildman–Crippen LogP) is 3.11. The van der Waals surface area contributed by atoms with Crippen molar-refractivity contribution >= 4 is 17.5 Å². The zero-order chi connectivity index (χ0) is 19.9. The Labute approximate surface area is 162 Å². The van der Waals surface area contributed by atoms with Gasteiger partial charge in [-0.3, -0.25) is 10.1 Å². The highest BCUT2D eigenvalue weighted by Crippen LogP contribution is 2.26. The normalized spacial score (nSPS) is 19.2. The lowest BCUT2D eigenvalue weighted by atomic mass is 9.86. The van der Waals surface area contributed by atoms with Crippen molar-refractivity contribution < 1.29 is 9.31 Å². The second-order valence-electron chi connectivity index (χ2n) is 7.15. The molecule has 0 aliphatic heterocycles. The summed E-state index contributed by atoms with van der Waals surface area (Å²) in [7, 11) is 0. The first-order valence-electron chi connectivity index (χ1n) is 9.50. The Morgan fingerprint density at radius 3 is 2.57 bits per heavy atom. The van der Waals surface area contributed by atoms with Crippen LogP contribution in [0.4, 0.5) is 21.8 Å². The van der Waals surface area contributed by atoms with Gasteiger partial charge in [-0.25, -0.2) is 9.37 Å². The molecule has 4 N–H and O–H groups in total. The lowest BCUT2D eigenvalue weighted by Crippen LogP contribution is -2.29. The molecule has 3 rings (SSSR count). The van der Waals surface area contributed by atoms with Crippen molar-refractivity contribution in [3.63, 3.8) is 0 Å². The fourth-order valence-electron chi connectivity index (χ4n) is 3.33. The van der Waals surface area contributed by atoms with Gasteiger partial charge >= 0.3 is 5.69 Å². The number of nitrogens with one attached hydrogen (secondary N) is 2. The molecule has 0 spiro atoms. The minimum atomic E-state index is -0.485. The van der Waals surface area contributed by atoms with Crippen LogP contribution in [0.5, 0.6) is 0 Å². The lowest BCUT2D eigenvalue weighted by Gasteiger charge is -2.26. The van der Waals surface area contributed by atoms with E-state index in [1.165, 1.54) is 18.3 Å². The molecule has 1 aromatic heterocycles. The van der Waals surface area contributed by atoms with Crippen molar-refractivity contribution in [3.05, 3.63) is 52.0 Å². The first-order valence-corrected chi connectivity index (χ1v) is 9.50. The molecular weight excluding hydrogens is 363 g/mol. The number of nitro groups is 1. The third-order valence-corrected chi connectivity index (χ3v) is 5.03. The first kappa shape index (κ1) is 19.9. The highest BCUT2D eigenvalue weighted by Gasteiger charge is 2.21. The number of halogens is 1. The van der Waals surface area contributed by atoms with Crippen LogP contribution in [0.1, 0.15) is 31.2 Å². The maximum atomic E-state index is 12.9. The number of benzene rings is 1. The predicted molar refractivity (Wildman–Crippen MR) is 106 cm³/mol. The van der Waals surface area contributed by atoms with Gasteiger partial charge in [-0.15, -0.1) is 0 Å². The average molecular weight is 388 g/mol. The Bertz CT molecular complexity index is 794. The van der Waals surface area contributed by atoms with E-state index in [4.69, 9.17) is 5.73 Å². The summed E-state index contributed by atoms with van der Waals surface area (Å²) >= 11 is 0. The molecule has 0 radical (unpaired) electrons. The Kier molecular flexibility index (Phi) is 6.70. The molecule has 28 heavy (non-hydrogen) atoms. The van der Waals surface area contributed by atoms with Crippen molar-refractivity contribution in [2.45, 2.75) is 38.1 Å². The highest BCUT2D eigenvalue weighted by atomic mass is 19.1. The molecule has 0 bridgehead atoms. The number of nitrogens with zero attached hydrogens (tertiary/aromatic N) is 3. The van der Waals surface area contributed by atoms with Crippen molar-refractivity contribution in [1.29, 1.82) is 0 Å². The van der Waals surface area contributed by atoms with Crippen molar-refractivity contribution in [2.24, 2.45) is 11.7 Å². The summed E-state index contributed by atoms with van der Waals surface area (Å²) in [6, 6.07) is 6.53. The lowest BCUT2D eigenvalue weighted by molar-refractivity contribution is -0.384. The fourth-order valence-corrected chi connectivity index (χ4v) is 3.33. The standard InChI is InChI=1S/C19H25FN6O2/c20-15-5-1-13(2-6-15)9-10-22-19-24-12-17(26(27)28)18(25-19)23-11-14-3-7-16(21)8-4-14/h1-2,5-6,12,14,16H,3-4,7-11,21H2,(H2,22,23,24,25). The average Bonchev–Trinajstić information content (AvgIpc) is 2.69. The summed E-state index contributed by atoms with van der Waals surface area (Å²) in [5.74, 6) is 0.704. The van der Waals surface area contributed by atoms with Gasteiger partial charge in [-0.2, -0.15) is 4.98 Å². The summed E-state index contributed by atoms with van der Waals surface area (Å²) in [5.41, 5.74) is 6.76. The van der Waals surface area contributed by atoms with Crippen LogP contribution in [0.25, 0.3) is 0 Å². The topological polar surface area (TPSA) is 119 Å². The van der Waals surface area contributed by atoms with E-state index < -0.39 is 4.92 Å². The molecule has 0 unspecified atom stereocenters. The first-order chi connectivity index (χ1) is 13.5. The molecule has 8 nitrogen and oxygen atoms in total. The van der Waals surface area contributed by atoms with Gasteiger partial charge in [0.15, 0.2) is 0 Å². The quantitative estimate of drug-likeness (QED) is 0.469. The van der Waals surface area contributed by atoms with Gasteiger partial charge in [0.05, 0.1) is 4.92 Å². The number of nitrogens with two attached hydrogens (primary N) is 1. The smallest absolute Gasteiger partial charge is 0.329 e. The Balaban J connectivity index is 1.58. The number of hydrogen-bond acceptors (Lipinski definition) is 7. The van der Waals surface area contributed by atoms with Crippen LogP contribution >= 0.6 is 0 Å². The Morgan fingerprint density at radius 1 is 1.18 bits per heavy atom. The molecule has 9 heteroatoms. The summed E-state index contributed by atoms with van der Waals surface area (Å²) in [5, 5.41) is 17.5. The molecule has 0 atom stereocenters. The van der Waals surface area contributed by atoms with Gasteiger partial charge in [0.2, 0.25) is 11.8 Å². The fraction of sp³-hybridized carbons (Fsp3) is 0.474. The van der Waals surface area contributed by atoms with E-state index in [1.807, 2.05) is 0 Å². The monoisotopic (exact) mass is 388 g/mol. The molecule has 1 aliphatic rings. The van der Waals surface area contributed by atoms with Gasteiger partial charge in [0.1, 0.15) is 12.0 Å². The van der Waals surface area contributed by atoms with E-state index in [1.54, 1.807) is 12.1 Å². The van der Waals surface area contributed by atoms with Gasteiger partial charge in [-0.1, -0.05) is 12.1 Å². The zero-order valence-corrected chi connectivity index (χ0v) is 15.6.